The first-order valence-corrected chi connectivity index (χ1v) is 8.26. The number of furan rings is 1. The van der Waals surface area contributed by atoms with Crippen LogP contribution >= 0.6 is 0 Å². The van der Waals surface area contributed by atoms with Crippen molar-refractivity contribution in [3.63, 3.8) is 0 Å². The number of guanidine groups is 1. The Balaban J connectivity index is 2.01. The van der Waals surface area contributed by atoms with Crippen molar-refractivity contribution in [2.24, 2.45) is 4.99 Å². The van der Waals surface area contributed by atoms with E-state index in [0.29, 0.717) is 30.7 Å². The summed E-state index contributed by atoms with van der Waals surface area (Å²) in [5.41, 5.74) is -0.344. The normalized spacial score (nSPS) is 14.0. The summed E-state index contributed by atoms with van der Waals surface area (Å²) in [6.45, 7) is 6.89. The molecular formula is C18H26N4O3. The van der Waals surface area contributed by atoms with Gasteiger partial charge in [-0.15, -0.1) is 0 Å². The van der Waals surface area contributed by atoms with E-state index in [2.05, 4.69) is 20.6 Å². The van der Waals surface area contributed by atoms with E-state index in [1.165, 1.54) is 0 Å². The Morgan fingerprint density at radius 2 is 2.12 bits per heavy atom. The predicted octanol–water partition coefficient (Wildman–Crippen LogP) is 1.95. The molecule has 0 spiro atoms. The zero-order valence-corrected chi connectivity index (χ0v) is 15.2. The van der Waals surface area contributed by atoms with Gasteiger partial charge in [0.05, 0.1) is 25.9 Å². The van der Waals surface area contributed by atoms with Crippen LogP contribution in [0.5, 0.6) is 5.88 Å². The summed E-state index contributed by atoms with van der Waals surface area (Å²) in [7, 11) is 1.58. The maximum atomic E-state index is 10.6. The molecule has 0 amide bonds. The maximum Gasteiger partial charge on any atom is 0.213 e. The highest BCUT2D eigenvalue weighted by atomic mass is 16.5. The number of ether oxygens (including phenoxy) is 1. The van der Waals surface area contributed by atoms with Gasteiger partial charge in [-0.05, 0) is 39.0 Å². The molecular weight excluding hydrogens is 320 g/mol. The molecule has 0 aromatic carbocycles. The van der Waals surface area contributed by atoms with E-state index < -0.39 is 5.60 Å². The van der Waals surface area contributed by atoms with Crippen LogP contribution in [-0.4, -0.2) is 36.2 Å². The highest BCUT2D eigenvalue weighted by Crippen LogP contribution is 2.21. The number of hydrogen-bond acceptors (Lipinski definition) is 5. The van der Waals surface area contributed by atoms with E-state index in [9.17, 15) is 5.11 Å². The number of aryl methyl sites for hydroxylation is 1. The lowest BCUT2D eigenvalue weighted by Gasteiger charge is -2.22. The van der Waals surface area contributed by atoms with Crippen LogP contribution < -0.4 is 15.4 Å². The first-order valence-electron chi connectivity index (χ1n) is 8.26. The lowest BCUT2D eigenvalue weighted by molar-refractivity contribution is 0.0378. The topological polar surface area (TPSA) is 91.9 Å². The van der Waals surface area contributed by atoms with Crippen LogP contribution in [0.25, 0.3) is 0 Å². The highest BCUT2D eigenvalue weighted by molar-refractivity contribution is 5.79. The van der Waals surface area contributed by atoms with Gasteiger partial charge in [0.1, 0.15) is 17.1 Å². The predicted molar refractivity (Wildman–Crippen MR) is 96.6 cm³/mol. The Labute approximate surface area is 148 Å². The van der Waals surface area contributed by atoms with E-state index in [4.69, 9.17) is 9.15 Å². The lowest BCUT2D eigenvalue weighted by Crippen LogP contribution is -2.44. The van der Waals surface area contributed by atoms with Gasteiger partial charge in [-0.25, -0.2) is 9.98 Å². The van der Waals surface area contributed by atoms with E-state index in [0.717, 1.165) is 11.5 Å². The van der Waals surface area contributed by atoms with Gasteiger partial charge in [0.2, 0.25) is 5.88 Å². The molecule has 7 nitrogen and oxygen atoms in total. The number of methoxy groups -OCH3 is 1. The van der Waals surface area contributed by atoms with Crippen LogP contribution in [0.3, 0.4) is 0 Å². The molecule has 1 unspecified atom stereocenters. The summed E-state index contributed by atoms with van der Waals surface area (Å²) in [5, 5.41) is 16.9. The molecule has 0 aliphatic carbocycles. The SMILES string of the molecule is CCNC(=NCc1cccc(OC)n1)NCC(C)(O)c1ccc(C)o1. The minimum atomic E-state index is -1.14. The zero-order chi connectivity index (χ0) is 18.3. The van der Waals surface area contributed by atoms with Crippen molar-refractivity contribution in [3.05, 3.63) is 47.5 Å². The maximum absolute atomic E-state index is 10.6. The van der Waals surface area contributed by atoms with E-state index >= 15 is 0 Å². The molecule has 3 N–H and O–H groups in total. The molecule has 0 bridgehead atoms. The Hall–Kier alpha value is -2.54. The first kappa shape index (κ1) is 18.8. The minimum absolute atomic E-state index is 0.261. The zero-order valence-electron chi connectivity index (χ0n) is 15.2. The van der Waals surface area contributed by atoms with Gasteiger partial charge in [0.25, 0.3) is 0 Å². The Bertz CT molecular complexity index is 710. The average molecular weight is 346 g/mol. The van der Waals surface area contributed by atoms with Gasteiger partial charge < -0.3 is 24.9 Å². The molecule has 2 rings (SSSR count). The monoisotopic (exact) mass is 346 g/mol. The van der Waals surface area contributed by atoms with Crippen LogP contribution in [0.15, 0.2) is 39.7 Å². The van der Waals surface area contributed by atoms with E-state index in [-0.39, 0.29) is 6.54 Å². The van der Waals surface area contributed by atoms with Crippen molar-refractivity contribution >= 4 is 5.96 Å². The number of rotatable bonds is 7. The minimum Gasteiger partial charge on any atom is -0.481 e. The molecule has 0 radical (unpaired) electrons. The number of aromatic nitrogens is 1. The summed E-state index contributed by atoms with van der Waals surface area (Å²) in [6, 6.07) is 9.16. The second-order valence-corrected chi connectivity index (χ2v) is 5.90. The van der Waals surface area contributed by atoms with Crippen molar-refractivity contribution in [3.8, 4) is 5.88 Å². The fourth-order valence-electron chi connectivity index (χ4n) is 2.23. The summed E-state index contributed by atoms with van der Waals surface area (Å²) in [5.74, 6) is 2.43. The van der Waals surface area contributed by atoms with Crippen molar-refractivity contribution in [2.45, 2.75) is 32.9 Å². The molecule has 0 saturated carbocycles. The van der Waals surface area contributed by atoms with Crippen LogP contribution in [0.4, 0.5) is 0 Å². The van der Waals surface area contributed by atoms with Crippen molar-refractivity contribution in [1.29, 1.82) is 0 Å². The molecule has 0 saturated heterocycles. The lowest BCUT2D eigenvalue weighted by atomic mass is 10.0. The summed E-state index contributed by atoms with van der Waals surface area (Å²) in [6.07, 6.45) is 0. The van der Waals surface area contributed by atoms with Crippen molar-refractivity contribution < 1.29 is 14.3 Å². The van der Waals surface area contributed by atoms with Gasteiger partial charge in [-0.2, -0.15) is 0 Å². The number of aliphatic hydroxyl groups is 1. The van der Waals surface area contributed by atoms with Crippen LogP contribution in [0.2, 0.25) is 0 Å². The van der Waals surface area contributed by atoms with Crippen LogP contribution in [-0.2, 0) is 12.1 Å². The number of nitrogens with one attached hydrogen (secondary N) is 2. The second kappa shape index (κ2) is 8.53. The third-order valence-electron chi connectivity index (χ3n) is 3.60. The third-order valence-corrected chi connectivity index (χ3v) is 3.60. The second-order valence-electron chi connectivity index (χ2n) is 5.90. The van der Waals surface area contributed by atoms with Gasteiger partial charge in [-0.3, -0.25) is 0 Å². The van der Waals surface area contributed by atoms with Crippen molar-refractivity contribution in [2.75, 3.05) is 20.2 Å². The highest BCUT2D eigenvalue weighted by Gasteiger charge is 2.27. The average Bonchev–Trinajstić information content (AvgIpc) is 3.05. The molecule has 0 aliphatic rings. The molecule has 2 aromatic heterocycles. The molecule has 136 valence electrons. The van der Waals surface area contributed by atoms with Gasteiger partial charge in [0.15, 0.2) is 5.96 Å². The fourth-order valence-corrected chi connectivity index (χ4v) is 2.23. The number of nitrogens with zero attached hydrogens (tertiary/aromatic N) is 2. The smallest absolute Gasteiger partial charge is 0.213 e. The van der Waals surface area contributed by atoms with Gasteiger partial charge >= 0.3 is 0 Å². The van der Waals surface area contributed by atoms with Crippen LogP contribution in [0.1, 0.15) is 31.1 Å². The molecule has 0 aliphatic heterocycles. The summed E-state index contributed by atoms with van der Waals surface area (Å²) >= 11 is 0. The van der Waals surface area contributed by atoms with Crippen LogP contribution in [0, 0.1) is 6.92 Å². The Morgan fingerprint density at radius 1 is 1.32 bits per heavy atom. The number of hydrogen-bond donors (Lipinski definition) is 3. The van der Waals surface area contributed by atoms with Crippen molar-refractivity contribution in [1.82, 2.24) is 15.6 Å². The number of aliphatic imine (C=N–C) groups is 1. The molecule has 2 heterocycles. The largest absolute Gasteiger partial charge is 0.481 e. The molecule has 1 atom stereocenters. The molecule has 25 heavy (non-hydrogen) atoms. The van der Waals surface area contributed by atoms with Gasteiger partial charge in [0, 0.05) is 12.6 Å². The standard InChI is InChI=1S/C18H26N4O3/c1-5-19-17(20-11-14-7-6-8-16(22-14)24-4)21-12-18(3,23)15-10-9-13(2)25-15/h6-10,23H,5,11-12H2,1-4H3,(H2,19,20,21). The number of pyridine rings is 1. The fraction of sp³-hybridized carbons (Fsp3) is 0.444. The molecule has 7 heteroatoms. The quantitative estimate of drug-likeness (QED) is 0.524. The molecule has 2 aromatic rings. The first-order chi connectivity index (χ1) is 11.9. The third kappa shape index (κ3) is 5.49. The molecule has 0 fully saturated rings. The summed E-state index contributed by atoms with van der Waals surface area (Å²) in [4.78, 5) is 8.83. The van der Waals surface area contributed by atoms with E-state index in [1.807, 2.05) is 32.0 Å². The summed E-state index contributed by atoms with van der Waals surface area (Å²) < 4.78 is 10.6. The Morgan fingerprint density at radius 3 is 2.76 bits per heavy atom. The Kier molecular flexibility index (Phi) is 6.41. The van der Waals surface area contributed by atoms with Gasteiger partial charge in [-0.1, -0.05) is 6.07 Å². The van der Waals surface area contributed by atoms with E-state index in [1.54, 1.807) is 26.2 Å².